The number of nitrogens with zero attached hydrogens (tertiary/aromatic N) is 5. The number of fused-ring (bicyclic) bond motifs is 1. The average molecular weight is 313 g/mol. The van der Waals surface area contributed by atoms with Crippen molar-refractivity contribution in [1.82, 2.24) is 19.8 Å². The van der Waals surface area contributed by atoms with E-state index in [2.05, 4.69) is 51.8 Å². The van der Waals surface area contributed by atoms with Gasteiger partial charge < -0.3 is 4.90 Å². The van der Waals surface area contributed by atoms with Crippen molar-refractivity contribution in [2.75, 3.05) is 11.4 Å². The third-order valence-corrected chi connectivity index (χ3v) is 5.12. The Morgan fingerprint density at radius 2 is 2.05 bits per heavy atom. The van der Waals surface area contributed by atoms with Gasteiger partial charge in [-0.3, -0.25) is 0 Å². The van der Waals surface area contributed by atoms with Crippen molar-refractivity contribution in [3.63, 3.8) is 0 Å². The maximum atomic E-state index is 4.82. The van der Waals surface area contributed by atoms with Crippen molar-refractivity contribution < 1.29 is 0 Å². The van der Waals surface area contributed by atoms with Gasteiger partial charge in [-0.1, -0.05) is 6.92 Å². The van der Waals surface area contributed by atoms with E-state index < -0.39 is 0 Å². The average Bonchev–Trinajstić information content (AvgIpc) is 3.17. The van der Waals surface area contributed by atoms with Crippen LogP contribution < -0.4 is 4.90 Å². The zero-order chi connectivity index (χ0) is 15.1. The first kappa shape index (κ1) is 13.7. The molecule has 3 aromatic rings. The van der Waals surface area contributed by atoms with Crippen LogP contribution in [-0.2, 0) is 0 Å². The maximum absolute atomic E-state index is 4.82. The molecule has 1 fully saturated rings. The highest BCUT2D eigenvalue weighted by Gasteiger charge is 2.24. The molecule has 22 heavy (non-hydrogen) atoms. The summed E-state index contributed by atoms with van der Waals surface area (Å²) in [5.41, 5.74) is 1.87. The monoisotopic (exact) mass is 313 g/mol. The van der Waals surface area contributed by atoms with E-state index in [1.54, 1.807) is 11.3 Å². The molecule has 2 unspecified atom stereocenters. The van der Waals surface area contributed by atoms with Crippen LogP contribution in [-0.4, -0.2) is 32.4 Å². The fourth-order valence-corrected chi connectivity index (χ4v) is 3.75. The van der Waals surface area contributed by atoms with Gasteiger partial charge in [-0.2, -0.15) is 15.9 Å². The molecule has 5 nitrogen and oxygen atoms in total. The van der Waals surface area contributed by atoms with Crippen LogP contribution in [0.5, 0.6) is 0 Å². The van der Waals surface area contributed by atoms with Crippen molar-refractivity contribution in [3.8, 4) is 11.4 Å². The SMILES string of the molecule is CC1CCC(C)N(c2ccc3nnc(-c4ccsc4)n3n2)C1. The lowest BCUT2D eigenvalue weighted by Crippen LogP contribution is -2.41. The van der Waals surface area contributed by atoms with E-state index in [0.29, 0.717) is 12.0 Å². The molecule has 1 saturated heterocycles. The Hall–Kier alpha value is -1.95. The van der Waals surface area contributed by atoms with Crippen molar-refractivity contribution >= 4 is 22.8 Å². The molecule has 0 N–H and O–H groups in total. The van der Waals surface area contributed by atoms with Crippen LogP contribution >= 0.6 is 11.3 Å². The van der Waals surface area contributed by atoms with Gasteiger partial charge in [0.2, 0.25) is 0 Å². The number of aromatic nitrogens is 4. The van der Waals surface area contributed by atoms with E-state index >= 15 is 0 Å². The van der Waals surface area contributed by atoms with Crippen molar-refractivity contribution in [3.05, 3.63) is 29.0 Å². The molecule has 0 bridgehead atoms. The number of hydrogen-bond acceptors (Lipinski definition) is 5. The molecule has 1 aliphatic heterocycles. The Morgan fingerprint density at radius 3 is 2.86 bits per heavy atom. The highest BCUT2D eigenvalue weighted by Crippen LogP contribution is 2.27. The quantitative estimate of drug-likeness (QED) is 0.726. The first-order valence-electron chi connectivity index (χ1n) is 7.74. The lowest BCUT2D eigenvalue weighted by atomic mass is 9.95. The summed E-state index contributed by atoms with van der Waals surface area (Å²) in [6, 6.07) is 6.66. The van der Waals surface area contributed by atoms with Gasteiger partial charge in [0.05, 0.1) is 0 Å². The van der Waals surface area contributed by atoms with Gasteiger partial charge in [0, 0.05) is 23.5 Å². The zero-order valence-electron chi connectivity index (χ0n) is 12.8. The second kappa shape index (κ2) is 5.35. The van der Waals surface area contributed by atoms with Gasteiger partial charge in [-0.05, 0) is 49.3 Å². The second-order valence-corrected chi connectivity index (χ2v) is 6.96. The molecular weight excluding hydrogens is 294 g/mol. The number of piperidine rings is 1. The van der Waals surface area contributed by atoms with Crippen molar-refractivity contribution in [2.45, 2.75) is 32.7 Å². The van der Waals surface area contributed by atoms with Gasteiger partial charge in [0.1, 0.15) is 5.82 Å². The Balaban J connectivity index is 1.78. The summed E-state index contributed by atoms with van der Waals surface area (Å²) in [5, 5.41) is 17.5. The predicted molar refractivity (Wildman–Crippen MR) is 89.3 cm³/mol. The molecule has 4 rings (SSSR count). The third-order valence-electron chi connectivity index (χ3n) is 4.44. The molecule has 0 aliphatic carbocycles. The summed E-state index contributed by atoms with van der Waals surface area (Å²) in [6.45, 7) is 5.66. The minimum absolute atomic E-state index is 0.530. The van der Waals surface area contributed by atoms with Crippen LogP contribution in [0.25, 0.3) is 17.0 Å². The first-order valence-corrected chi connectivity index (χ1v) is 8.68. The Kier molecular flexibility index (Phi) is 3.33. The minimum atomic E-state index is 0.530. The highest BCUT2D eigenvalue weighted by atomic mass is 32.1. The molecule has 0 radical (unpaired) electrons. The van der Waals surface area contributed by atoms with Gasteiger partial charge >= 0.3 is 0 Å². The fourth-order valence-electron chi connectivity index (χ4n) is 3.11. The molecule has 3 aromatic heterocycles. The summed E-state index contributed by atoms with van der Waals surface area (Å²) < 4.78 is 1.86. The molecule has 0 amide bonds. The molecule has 0 spiro atoms. The zero-order valence-corrected chi connectivity index (χ0v) is 13.6. The highest BCUT2D eigenvalue weighted by molar-refractivity contribution is 7.08. The van der Waals surface area contributed by atoms with Gasteiger partial charge in [0.25, 0.3) is 0 Å². The van der Waals surface area contributed by atoms with Crippen LogP contribution in [0.3, 0.4) is 0 Å². The van der Waals surface area contributed by atoms with Gasteiger partial charge in [0.15, 0.2) is 11.5 Å². The smallest absolute Gasteiger partial charge is 0.186 e. The fraction of sp³-hybridized carbons (Fsp3) is 0.438. The number of rotatable bonds is 2. The Labute approximate surface area is 133 Å². The van der Waals surface area contributed by atoms with E-state index in [0.717, 1.165) is 29.4 Å². The number of thiophene rings is 1. The summed E-state index contributed by atoms with van der Waals surface area (Å²) >= 11 is 1.66. The molecule has 0 aromatic carbocycles. The van der Waals surface area contributed by atoms with Crippen LogP contribution in [0.4, 0.5) is 5.82 Å². The lowest BCUT2D eigenvalue weighted by Gasteiger charge is -2.37. The van der Waals surface area contributed by atoms with E-state index in [9.17, 15) is 0 Å². The molecular formula is C16H19N5S. The summed E-state index contributed by atoms with van der Waals surface area (Å²) in [5.74, 6) is 2.55. The maximum Gasteiger partial charge on any atom is 0.186 e. The van der Waals surface area contributed by atoms with E-state index in [1.807, 2.05) is 10.6 Å². The van der Waals surface area contributed by atoms with Crippen LogP contribution in [0.15, 0.2) is 29.0 Å². The van der Waals surface area contributed by atoms with Gasteiger partial charge in [-0.15, -0.1) is 15.3 Å². The number of anilines is 1. The molecule has 1 aliphatic rings. The Bertz CT molecular complexity index is 779. The Morgan fingerprint density at radius 1 is 1.14 bits per heavy atom. The third kappa shape index (κ3) is 2.27. The summed E-state index contributed by atoms with van der Waals surface area (Å²) in [6.07, 6.45) is 2.52. The molecule has 2 atom stereocenters. The van der Waals surface area contributed by atoms with Crippen LogP contribution in [0.2, 0.25) is 0 Å². The van der Waals surface area contributed by atoms with Crippen molar-refractivity contribution in [1.29, 1.82) is 0 Å². The van der Waals surface area contributed by atoms with Gasteiger partial charge in [-0.25, -0.2) is 0 Å². The molecule has 114 valence electrons. The van der Waals surface area contributed by atoms with Crippen molar-refractivity contribution in [2.24, 2.45) is 5.92 Å². The molecule has 0 saturated carbocycles. The topological polar surface area (TPSA) is 46.3 Å². The lowest BCUT2D eigenvalue weighted by molar-refractivity contribution is 0.387. The summed E-state index contributed by atoms with van der Waals surface area (Å²) in [7, 11) is 0. The van der Waals surface area contributed by atoms with E-state index in [1.165, 1.54) is 12.8 Å². The molecule has 4 heterocycles. The van der Waals surface area contributed by atoms with E-state index in [4.69, 9.17) is 5.10 Å². The standard InChI is InChI=1S/C16H19N5S/c1-11-3-4-12(2)20(9-11)15-6-5-14-17-18-16(21(14)19-15)13-7-8-22-10-13/h5-8,10-12H,3-4,9H2,1-2H3. The van der Waals surface area contributed by atoms with Crippen LogP contribution in [0, 0.1) is 5.92 Å². The largest absolute Gasteiger partial charge is 0.352 e. The van der Waals surface area contributed by atoms with Crippen LogP contribution in [0.1, 0.15) is 26.7 Å². The molecule has 6 heteroatoms. The van der Waals surface area contributed by atoms with E-state index in [-0.39, 0.29) is 0 Å². The normalized spacial score (nSPS) is 22.4. The summed E-state index contributed by atoms with van der Waals surface area (Å²) in [4.78, 5) is 2.41. The second-order valence-electron chi connectivity index (χ2n) is 6.18. The number of hydrogen-bond donors (Lipinski definition) is 0. The first-order chi connectivity index (χ1) is 10.7. The predicted octanol–water partition coefficient (Wildman–Crippen LogP) is 3.48. The minimum Gasteiger partial charge on any atom is -0.352 e.